The smallest absolute Gasteiger partial charge is 0.236 e. The van der Waals surface area contributed by atoms with Crippen molar-refractivity contribution in [2.45, 2.75) is 38.3 Å². The molecule has 0 aromatic heterocycles. The topological polar surface area (TPSA) is 70.6 Å². The van der Waals surface area contributed by atoms with Gasteiger partial charge in [0.2, 0.25) is 5.91 Å². The minimum absolute atomic E-state index is 0.0287. The maximum atomic E-state index is 11.6. The third-order valence-electron chi connectivity index (χ3n) is 3.14. The SMILES string of the molecule is COCCCNC(=O)C(C)NCC1CC(O)C1. The molecule has 1 rings (SSSR count). The minimum Gasteiger partial charge on any atom is -0.393 e. The van der Waals surface area contributed by atoms with Crippen LogP contribution >= 0.6 is 0 Å². The lowest BCUT2D eigenvalue weighted by Crippen LogP contribution is -2.46. The van der Waals surface area contributed by atoms with Gasteiger partial charge in [-0.15, -0.1) is 0 Å². The minimum atomic E-state index is -0.171. The molecular formula is C12H24N2O3. The molecule has 0 radical (unpaired) electrons. The first-order chi connectivity index (χ1) is 8.13. The number of aliphatic hydroxyl groups excluding tert-OH is 1. The monoisotopic (exact) mass is 244 g/mol. The maximum absolute atomic E-state index is 11.6. The van der Waals surface area contributed by atoms with Crippen LogP contribution in [-0.4, -0.2) is 50.0 Å². The summed E-state index contributed by atoms with van der Waals surface area (Å²) in [7, 11) is 1.65. The number of carbonyl (C=O) groups is 1. The average molecular weight is 244 g/mol. The zero-order valence-electron chi connectivity index (χ0n) is 10.7. The molecule has 17 heavy (non-hydrogen) atoms. The van der Waals surface area contributed by atoms with Crippen LogP contribution in [0.5, 0.6) is 0 Å². The number of hydrogen-bond acceptors (Lipinski definition) is 4. The van der Waals surface area contributed by atoms with E-state index < -0.39 is 0 Å². The molecule has 0 saturated heterocycles. The van der Waals surface area contributed by atoms with Gasteiger partial charge in [-0.2, -0.15) is 0 Å². The van der Waals surface area contributed by atoms with Gasteiger partial charge in [-0.1, -0.05) is 0 Å². The summed E-state index contributed by atoms with van der Waals surface area (Å²) in [6.45, 7) is 3.99. The van der Waals surface area contributed by atoms with Crippen LogP contribution in [0.2, 0.25) is 0 Å². The summed E-state index contributed by atoms with van der Waals surface area (Å²) in [5.41, 5.74) is 0. The molecule has 0 aromatic rings. The highest BCUT2D eigenvalue weighted by Gasteiger charge is 2.27. The average Bonchev–Trinajstić information content (AvgIpc) is 2.28. The molecule has 0 bridgehead atoms. The van der Waals surface area contributed by atoms with Gasteiger partial charge in [0.05, 0.1) is 12.1 Å². The summed E-state index contributed by atoms with van der Waals surface area (Å²) in [6.07, 6.45) is 2.42. The molecule has 1 aliphatic carbocycles. The fraction of sp³-hybridized carbons (Fsp3) is 0.917. The first-order valence-corrected chi connectivity index (χ1v) is 6.31. The van der Waals surface area contributed by atoms with Crippen LogP contribution in [0.25, 0.3) is 0 Å². The molecule has 0 spiro atoms. The molecule has 1 unspecified atom stereocenters. The Morgan fingerprint density at radius 2 is 2.24 bits per heavy atom. The van der Waals surface area contributed by atoms with Crippen molar-refractivity contribution in [3.05, 3.63) is 0 Å². The molecule has 1 atom stereocenters. The van der Waals surface area contributed by atoms with E-state index in [1.165, 1.54) is 0 Å². The van der Waals surface area contributed by atoms with Gasteiger partial charge >= 0.3 is 0 Å². The Morgan fingerprint density at radius 1 is 1.53 bits per heavy atom. The number of nitrogens with one attached hydrogen (secondary N) is 2. The van der Waals surface area contributed by atoms with E-state index in [0.717, 1.165) is 25.8 Å². The van der Waals surface area contributed by atoms with Crippen LogP contribution in [0.3, 0.4) is 0 Å². The third-order valence-corrected chi connectivity index (χ3v) is 3.14. The second kappa shape index (κ2) is 7.63. The van der Waals surface area contributed by atoms with Crippen molar-refractivity contribution in [2.24, 2.45) is 5.92 Å². The van der Waals surface area contributed by atoms with Crippen molar-refractivity contribution in [1.82, 2.24) is 10.6 Å². The zero-order valence-corrected chi connectivity index (χ0v) is 10.7. The summed E-state index contributed by atoms with van der Waals surface area (Å²) in [4.78, 5) is 11.6. The Hall–Kier alpha value is -0.650. The fourth-order valence-electron chi connectivity index (χ4n) is 1.88. The quantitative estimate of drug-likeness (QED) is 0.521. The van der Waals surface area contributed by atoms with Gasteiger partial charge in [-0.05, 0) is 38.6 Å². The normalized spacial score (nSPS) is 25.1. The highest BCUT2D eigenvalue weighted by atomic mass is 16.5. The van der Waals surface area contributed by atoms with E-state index >= 15 is 0 Å². The van der Waals surface area contributed by atoms with Crippen molar-refractivity contribution in [3.8, 4) is 0 Å². The van der Waals surface area contributed by atoms with Crippen LogP contribution in [0, 0.1) is 5.92 Å². The molecule has 0 aromatic carbocycles. The van der Waals surface area contributed by atoms with Crippen molar-refractivity contribution in [2.75, 3.05) is 26.8 Å². The van der Waals surface area contributed by atoms with Crippen LogP contribution in [0.15, 0.2) is 0 Å². The fourth-order valence-corrected chi connectivity index (χ4v) is 1.88. The molecule has 100 valence electrons. The molecule has 1 fully saturated rings. The highest BCUT2D eigenvalue weighted by molar-refractivity contribution is 5.81. The predicted molar refractivity (Wildman–Crippen MR) is 65.7 cm³/mol. The summed E-state index contributed by atoms with van der Waals surface area (Å²) >= 11 is 0. The number of methoxy groups -OCH3 is 1. The number of ether oxygens (including phenoxy) is 1. The highest BCUT2D eigenvalue weighted by Crippen LogP contribution is 2.26. The van der Waals surface area contributed by atoms with E-state index in [9.17, 15) is 4.79 Å². The molecule has 0 aliphatic heterocycles. The lowest BCUT2D eigenvalue weighted by molar-refractivity contribution is -0.122. The lowest BCUT2D eigenvalue weighted by atomic mass is 9.82. The van der Waals surface area contributed by atoms with E-state index in [0.29, 0.717) is 19.1 Å². The Morgan fingerprint density at radius 3 is 2.82 bits per heavy atom. The van der Waals surface area contributed by atoms with Crippen molar-refractivity contribution in [1.29, 1.82) is 0 Å². The predicted octanol–water partition coefficient (Wildman–Crippen LogP) is -0.112. The zero-order chi connectivity index (χ0) is 12.7. The van der Waals surface area contributed by atoms with Gasteiger partial charge in [-0.25, -0.2) is 0 Å². The van der Waals surface area contributed by atoms with Gasteiger partial charge in [0.25, 0.3) is 0 Å². The molecule has 3 N–H and O–H groups in total. The Balaban J connectivity index is 2.01. The number of rotatable bonds is 8. The molecule has 1 saturated carbocycles. The summed E-state index contributed by atoms with van der Waals surface area (Å²) in [6, 6.07) is -0.171. The van der Waals surface area contributed by atoms with E-state index in [2.05, 4.69) is 10.6 Å². The molecule has 0 heterocycles. The van der Waals surface area contributed by atoms with Gasteiger partial charge in [0.1, 0.15) is 0 Å². The van der Waals surface area contributed by atoms with E-state index in [1.807, 2.05) is 6.92 Å². The molecule has 5 nitrogen and oxygen atoms in total. The summed E-state index contributed by atoms with van der Waals surface area (Å²) < 4.78 is 4.90. The van der Waals surface area contributed by atoms with Crippen molar-refractivity contribution in [3.63, 3.8) is 0 Å². The van der Waals surface area contributed by atoms with Crippen LogP contribution < -0.4 is 10.6 Å². The van der Waals surface area contributed by atoms with Crippen LogP contribution in [-0.2, 0) is 9.53 Å². The van der Waals surface area contributed by atoms with Crippen LogP contribution in [0.4, 0.5) is 0 Å². The number of aliphatic hydroxyl groups is 1. The van der Waals surface area contributed by atoms with E-state index in [1.54, 1.807) is 7.11 Å². The van der Waals surface area contributed by atoms with E-state index in [-0.39, 0.29) is 18.1 Å². The molecular weight excluding hydrogens is 220 g/mol. The second-order valence-electron chi connectivity index (χ2n) is 4.76. The van der Waals surface area contributed by atoms with Crippen molar-refractivity contribution >= 4 is 5.91 Å². The summed E-state index contributed by atoms with van der Waals surface area (Å²) in [5, 5.41) is 15.2. The first kappa shape index (κ1) is 14.4. The number of amides is 1. The summed E-state index contributed by atoms with van der Waals surface area (Å²) in [5.74, 6) is 0.551. The van der Waals surface area contributed by atoms with Crippen LogP contribution in [0.1, 0.15) is 26.2 Å². The lowest BCUT2D eigenvalue weighted by Gasteiger charge is -2.32. The standard InChI is InChI=1S/C12H24N2O3/c1-9(12(16)13-4-3-5-17-2)14-8-10-6-11(15)7-10/h9-11,14-15H,3-8H2,1-2H3,(H,13,16). The Kier molecular flexibility index (Phi) is 6.47. The van der Waals surface area contributed by atoms with Gasteiger partial charge in [-0.3, -0.25) is 4.79 Å². The number of carbonyl (C=O) groups excluding carboxylic acids is 1. The molecule has 1 aliphatic rings. The van der Waals surface area contributed by atoms with Gasteiger partial charge in [0, 0.05) is 20.3 Å². The third kappa shape index (κ3) is 5.48. The largest absolute Gasteiger partial charge is 0.393 e. The Bertz CT molecular complexity index is 230. The molecule has 1 amide bonds. The maximum Gasteiger partial charge on any atom is 0.236 e. The van der Waals surface area contributed by atoms with Gasteiger partial charge in [0.15, 0.2) is 0 Å². The first-order valence-electron chi connectivity index (χ1n) is 6.31. The Labute approximate surface area is 103 Å². The van der Waals surface area contributed by atoms with E-state index in [4.69, 9.17) is 9.84 Å². The second-order valence-corrected chi connectivity index (χ2v) is 4.76. The van der Waals surface area contributed by atoms with Crippen molar-refractivity contribution < 1.29 is 14.6 Å². The molecule has 5 heteroatoms. The van der Waals surface area contributed by atoms with Gasteiger partial charge < -0.3 is 20.5 Å². The number of hydrogen-bond donors (Lipinski definition) is 3.